The van der Waals surface area contributed by atoms with E-state index in [9.17, 15) is 19.5 Å². The van der Waals surface area contributed by atoms with Crippen molar-refractivity contribution in [1.29, 1.82) is 0 Å². The molecule has 5 rings (SSSR count). The van der Waals surface area contributed by atoms with E-state index >= 15 is 0 Å². The number of nitrogens with zero attached hydrogens (tertiary/aromatic N) is 3. The summed E-state index contributed by atoms with van der Waals surface area (Å²) in [7, 11) is 0. The Morgan fingerprint density at radius 2 is 1.82 bits per heavy atom. The molecule has 34 heavy (non-hydrogen) atoms. The van der Waals surface area contributed by atoms with Crippen molar-refractivity contribution < 1.29 is 14.7 Å². The van der Waals surface area contributed by atoms with Crippen LogP contribution < -0.4 is 10.9 Å². The largest absolute Gasteiger partial charge is 0.378 e. The molecular weight excluding hydrogens is 456 g/mol. The van der Waals surface area contributed by atoms with Gasteiger partial charge in [-0.25, -0.2) is 0 Å². The molecule has 2 amide bonds. The van der Waals surface area contributed by atoms with Gasteiger partial charge < -0.3 is 19.9 Å². The number of carbonyl (C=O) groups is 2. The Morgan fingerprint density at radius 3 is 2.53 bits per heavy atom. The van der Waals surface area contributed by atoms with Crippen LogP contribution in [0, 0.1) is 0 Å². The van der Waals surface area contributed by atoms with Gasteiger partial charge in [-0.3, -0.25) is 19.3 Å². The molecule has 1 saturated heterocycles. The maximum atomic E-state index is 13.2. The lowest BCUT2D eigenvalue weighted by atomic mass is 10.0. The second-order valence-corrected chi connectivity index (χ2v) is 9.96. The van der Waals surface area contributed by atoms with Crippen LogP contribution in [-0.4, -0.2) is 62.7 Å². The van der Waals surface area contributed by atoms with Crippen LogP contribution in [0.4, 0.5) is 0 Å². The van der Waals surface area contributed by atoms with Gasteiger partial charge in [0.2, 0.25) is 0 Å². The molecule has 1 aliphatic carbocycles. The van der Waals surface area contributed by atoms with Gasteiger partial charge in [0.15, 0.2) is 0 Å². The lowest BCUT2D eigenvalue weighted by Gasteiger charge is -2.42. The van der Waals surface area contributed by atoms with Gasteiger partial charge in [0.1, 0.15) is 17.5 Å². The molecule has 0 radical (unpaired) electrons. The molecule has 0 spiro atoms. The van der Waals surface area contributed by atoms with Gasteiger partial charge in [-0.15, -0.1) is 0 Å². The van der Waals surface area contributed by atoms with Crippen molar-refractivity contribution >= 4 is 23.4 Å². The number of likely N-dealkylation sites (tertiary alicyclic amines) is 1. The summed E-state index contributed by atoms with van der Waals surface area (Å²) in [6.45, 7) is 2.44. The molecule has 1 aromatic heterocycles. The summed E-state index contributed by atoms with van der Waals surface area (Å²) in [4.78, 5) is 42.9. The van der Waals surface area contributed by atoms with Gasteiger partial charge >= 0.3 is 0 Å². The van der Waals surface area contributed by atoms with E-state index in [0.29, 0.717) is 30.4 Å². The molecule has 2 fully saturated rings. The van der Waals surface area contributed by atoms with Crippen LogP contribution >= 0.6 is 11.6 Å². The zero-order chi connectivity index (χ0) is 23.9. The fourth-order valence-corrected chi connectivity index (χ4v) is 5.30. The minimum absolute atomic E-state index is 0.0223. The number of nitrogens with one attached hydrogen (secondary N) is 1. The van der Waals surface area contributed by atoms with Gasteiger partial charge in [0.25, 0.3) is 17.4 Å². The van der Waals surface area contributed by atoms with Crippen LogP contribution in [0.3, 0.4) is 0 Å². The summed E-state index contributed by atoms with van der Waals surface area (Å²) in [5.41, 5.74) is 0.593. The third-order valence-electron chi connectivity index (χ3n) is 7.28. The number of aliphatic hydroxyl groups is 1. The summed E-state index contributed by atoms with van der Waals surface area (Å²) in [5, 5.41) is 13.9. The third kappa shape index (κ3) is 4.37. The van der Waals surface area contributed by atoms with E-state index in [2.05, 4.69) is 10.2 Å². The lowest BCUT2D eigenvalue weighted by Crippen LogP contribution is -2.55. The number of hydrogen-bond donors (Lipinski definition) is 2. The van der Waals surface area contributed by atoms with Crippen molar-refractivity contribution in [2.75, 3.05) is 19.6 Å². The van der Waals surface area contributed by atoms with Crippen LogP contribution in [0.5, 0.6) is 0 Å². The van der Waals surface area contributed by atoms with E-state index in [0.717, 1.165) is 44.2 Å². The van der Waals surface area contributed by atoms with E-state index < -0.39 is 17.7 Å². The van der Waals surface area contributed by atoms with Crippen molar-refractivity contribution in [3.63, 3.8) is 0 Å². The molecule has 180 valence electrons. The first-order valence-corrected chi connectivity index (χ1v) is 12.3. The zero-order valence-electron chi connectivity index (χ0n) is 19.0. The molecule has 1 unspecified atom stereocenters. The number of aliphatic hydroxyl groups excluding tert-OH is 1. The first-order valence-electron chi connectivity index (χ1n) is 11.9. The molecule has 0 bridgehead atoms. The Kier molecular flexibility index (Phi) is 6.22. The number of halogens is 1. The van der Waals surface area contributed by atoms with E-state index in [4.69, 9.17) is 11.6 Å². The fourth-order valence-electron chi connectivity index (χ4n) is 5.18. The van der Waals surface area contributed by atoms with Gasteiger partial charge in [-0.05, 0) is 61.9 Å². The van der Waals surface area contributed by atoms with Gasteiger partial charge in [-0.1, -0.05) is 23.7 Å². The molecule has 2 aromatic rings. The SMILES string of the molecule is O=C(NCc1ccc(Cl)cc1)c1ccc2n(c1=O)CCN(CC1(N3CCCCC3O)CC1)C2=O. The summed E-state index contributed by atoms with van der Waals surface area (Å²) >= 11 is 5.89. The Morgan fingerprint density at radius 1 is 1.06 bits per heavy atom. The Labute approximate surface area is 203 Å². The standard InChI is InChI=1S/C25H29ClN4O4/c26-18-6-4-17(5-7-18)15-27-22(32)19-8-9-20-24(34)28(13-14-29(20)23(19)33)16-25(10-11-25)30-12-2-1-3-21(30)31/h4-9,21,31H,1-3,10-16H2,(H,27,32). The summed E-state index contributed by atoms with van der Waals surface area (Å²) < 4.78 is 1.41. The molecule has 2 aliphatic heterocycles. The van der Waals surface area contributed by atoms with Crippen molar-refractivity contribution in [2.45, 2.75) is 57.0 Å². The predicted octanol–water partition coefficient (Wildman–Crippen LogP) is 2.22. The van der Waals surface area contributed by atoms with Gasteiger partial charge in [0, 0.05) is 43.3 Å². The summed E-state index contributed by atoms with van der Waals surface area (Å²) in [6.07, 6.45) is 4.35. The molecule has 3 aliphatic rings. The predicted molar refractivity (Wildman–Crippen MR) is 128 cm³/mol. The minimum atomic E-state index is -0.471. The molecule has 1 atom stereocenters. The monoisotopic (exact) mass is 484 g/mol. The highest BCUT2D eigenvalue weighted by atomic mass is 35.5. The zero-order valence-corrected chi connectivity index (χ0v) is 19.8. The molecule has 3 heterocycles. The Hall–Kier alpha value is -2.68. The molecule has 1 aromatic carbocycles. The molecule has 2 N–H and O–H groups in total. The number of piperidine rings is 1. The van der Waals surface area contributed by atoms with Crippen LogP contribution in [0.2, 0.25) is 5.02 Å². The van der Waals surface area contributed by atoms with E-state index in [1.54, 1.807) is 23.1 Å². The van der Waals surface area contributed by atoms with Crippen molar-refractivity contribution in [3.8, 4) is 0 Å². The van der Waals surface area contributed by atoms with Gasteiger partial charge in [-0.2, -0.15) is 0 Å². The number of aromatic nitrogens is 1. The highest BCUT2D eigenvalue weighted by Gasteiger charge is 2.52. The topological polar surface area (TPSA) is 94.9 Å². The molecule has 1 saturated carbocycles. The highest BCUT2D eigenvalue weighted by Crippen LogP contribution is 2.45. The van der Waals surface area contributed by atoms with E-state index in [-0.39, 0.29) is 23.6 Å². The van der Waals surface area contributed by atoms with Crippen LogP contribution in [0.25, 0.3) is 0 Å². The molecular formula is C25H29ClN4O4. The summed E-state index contributed by atoms with van der Waals surface area (Å²) in [6, 6.07) is 10.1. The number of carbonyl (C=O) groups excluding carboxylic acids is 2. The van der Waals surface area contributed by atoms with E-state index in [1.807, 2.05) is 12.1 Å². The van der Waals surface area contributed by atoms with E-state index in [1.165, 1.54) is 10.6 Å². The third-order valence-corrected chi connectivity index (χ3v) is 7.53. The van der Waals surface area contributed by atoms with Crippen molar-refractivity contribution in [1.82, 2.24) is 19.7 Å². The quantitative estimate of drug-likeness (QED) is 0.655. The maximum absolute atomic E-state index is 13.2. The van der Waals surface area contributed by atoms with Crippen LogP contribution in [0.1, 0.15) is 58.5 Å². The van der Waals surface area contributed by atoms with Crippen LogP contribution in [-0.2, 0) is 13.1 Å². The normalized spacial score (nSPS) is 21.8. The van der Waals surface area contributed by atoms with Crippen molar-refractivity contribution in [2.24, 2.45) is 0 Å². The Balaban J connectivity index is 1.28. The first-order chi connectivity index (χ1) is 16.4. The molecule has 9 heteroatoms. The highest BCUT2D eigenvalue weighted by molar-refractivity contribution is 6.30. The first kappa shape index (κ1) is 23.1. The maximum Gasteiger partial charge on any atom is 0.270 e. The summed E-state index contributed by atoms with van der Waals surface area (Å²) in [5.74, 6) is -0.671. The second-order valence-electron chi connectivity index (χ2n) is 9.52. The minimum Gasteiger partial charge on any atom is -0.378 e. The number of amides is 2. The van der Waals surface area contributed by atoms with Crippen molar-refractivity contribution in [3.05, 3.63) is 68.6 Å². The average Bonchev–Trinajstić information content (AvgIpc) is 3.61. The number of rotatable bonds is 6. The number of hydrogen-bond acceptors (Lipinski definition) is 5. The second kappa shape index (κ2) is 9.17. The Bertz CT molecular complexity index is 1160. The van der Waals surface area contributed by atoms with Gasteiger partial charge in [0.05, 0.1) is 0 Å². The fraction of sp³-hybridized carbons (Fsp3) is 0.480. The smallest absolute Gasteiger partial charge is 0.270 e. The van der Waals surface area contributed by atoms with Crippen LogP contribution in [0.15, 0.2) is 41.2 Å². The number of benzene rings is 1. The number of pyridine rings is 1. The number of fused-ring (bicyclic) bond motifs is 1. The average molecular weight is 485 g/mol. The lowest BCUT2D eigenvalue weighted by molar-refractivity contribution is -0.0651. The molecule has 8 nitrogen and oxygen atoms in total.